The lowest BCUT2D eigenvalue weighted by Crippen LogP contribution is -2.31. The number of aromatic nitrogens is 5. The summed E-state index contributed by atoms with van der Waals surface area (Å²) in [7, 11) is 0. The molecule has 35 heavy (non-hydrogen) atoms. The zero-order valence-corrected chi connectivity index (χ0v) is 19.3. The SMILES string of the molecule is Cc1nc(Oc2cccc(/C=C(\C#N)c3nn(CCO)c(N)c3C#N)c2)nc(N2CCCCC2)n1. The Balaban J connectivity index is 1.61. The maximum absolute atomic E-state index is 9.75. The maximum Gasteiger partial charge on any atom is 0.327 e. The zero-order chi connectivity index (χ0) is 24.8. The van der Waals surface area contributed by atoms with E-state index in [1.165, 1.54) is 11.1 Å². The van der Waals surface area contributed by atoms with Crippen LogP contribution in [0.5, 0.6) is 11.8 Å². The van der Waals surface area contributed by atoms with Gasteiger partial charge in [0.2, 0.25) is 5.95 Å². The van der Waals surface area contributed by atoms with Crippen molar-refractivity contribution in [2.24, 2.45) is 0 Å². The summed E-state index contributed by atoms with van der Waals surface area (Å²) in [5, 5.41) is 32.7. The van der Waals surface area contributed by atoms with Crippen LogP contribution in [0, 0.1) is 29.6 Å². The molecule has 0 bridgehead atoms. The van der Waals surface area contributed by atoms with Crippen LogP contribution in [0.4, 0.5) is 11.8 Å². The fourth-order valence-electron chi connectivity index (χ4n) is 3.86. The van der Waals surface area contributed by atoms with E-state index in [2.05, 4.69) is 31.0 Å². The molecular weight excluding hydrogens is 446 g/mol. The minimum atomic E-state index is -0.197. The lowest BCUT2D eigenvalue weighted by molar-refractivity contribution is 0.270. The van der Waals surface area contributed by atoms with Gasteiger partial charge in [0.15, 0.2) is 0 Å². The first-order valence-corrected chi connectivity index (χ1v) is 11.3. The normalized spacial score (nSPS) is 13.8. The third kappa shape index (κ3) is 5.37. The molecule has 1 aliphatic rings. The van der Waals surface area contributed by atoms with E-state index in [1.807, 2.05) is 6.07 Å². The highest BCUT2D eigenvalue weighted by molar-refractivity contribution is 5.91. The summed E-state index contributed by atoms with van der Waals surface area (Å²) in [6.45, 7) is 3.53. The van der Waals surface area contributed by atoms with Crippen molar-refractivity contribution in [2.75, 3.05) is 30.3 Å². The van der Waals surface area contributed by atoms with Gasteiger partial charge in [-0.05, 0) is 50.0 Å². The van der Waals surface area contributed by atoms with E-state index < -0.39 is 0 Å². The van der Waals surface area contributed by atoms with Crippen LogP contribution < -0.4 is 15.4 Å². The molecule has 2 aromatic heterocycles. The molecule has 0 amide bonds. The van der Waals surface area contributed by atoms with Crippen LogP contribution in [-0.2, 0) is 6.54 Å². The Hall–Kier alpha value is -4.48. The predicted octanol–water partition coefficient (Wildman–Crippen LogP) is 2.67. The van der Waals surface area contributed by atoms with Crippen LogP contribution in [0.25, 0.3) is 11.6 Å². The van der Waals surface area contributed by atoms with Crippen LogP contribution >= 0.6 is 0 Å². The Bertz CT molecular complexity index is 1330. The van der Waals surface area contributed by atoms with E-state index in [-0.39, 0.29) is 41.8 Å². The molecular formula is C24H25N9O2. The van der Waals surface area contributed by atoms with E-state index >= 15 is 0 Å². The average Bonchev–Trinajstić information content (AvgIpc) is 3.18. The molecule has 0 aliphatic carbocycles. The van der Waals surface area contributed by atoms with Crippen molar-refractivity contribution in [3.63, 3.8) is 0 Å². The minimum Gasteiger partial charge on any atom is -0.424 e. The van der Waals surface area contributed by atoms with Crippen molar-refractivity contribution >= 4 is 23.4 Å². The topological polar surface area (TPSA) is 163 Å². The highest BCUT2D eigenvalue weighted by Gasteiger charge is 2.19. The van der Waals surface area contributed by atoms with Crippen LogP contribution in [0.15, 0.2) is 24.3 Å². The van der Waals surface area contributed by atoms with E-state index in [4.69, 9.17) is 10.5 Å². The third-order valence-electron chi connectivity index (χ3n) is 5.52. The van der Waals surface area contributed by atoms with Crippen LogP contribution in [-0.4, -0.2) is 49.5 Å². The van der Waals surface area contributed by atoms with Gasteiger partial charge in [-0.3, -0.25) is 0 Å². The Labute approximate surface area is 202 Å². The number of ether oxygens (including phenoxy) is 1. The quantitative estimate of drug-likeness (QED) is 0.490. The summed E-state index contributed by atoms with van der Waals surface area (Å²) in [4.78, 5) is 15.4. The first kappa shape index (κ1) is 23.7. The fraction of sp³-hybridized carbons (Fsp3) is 0.333. The second kappa shape index (κ2) is 10.6. The number of nitrogens with two attached hydrogens (primary N) is 1. The molecule has 1 aromatic carbocycles. The number of allylic oxidation sites excluding steroid dienone is 1. The number of hydrogen-bond acceptors (Lipinski definition) is 10. The Morgan fingerprint density at radius 2 is 2.00 bits per heavy atom. The van der Waals surface area contributed by atoms with Crippen LogP contribution in [0.1, 0.15) is 41.9 Å². The average molecular weight is 472 g/mol. The number of aliphatic hydroxyl groups is 1. The van der Waals surface area contributed by atoms with Crippen molar-refractivity contribution < 1.29 is 9.84 Å². The van der Waals surface area contributed by atoms with Gasteiger partial charge in [0.25, 0.3) is 0 Å². The molecule has 11 heteroatoms. The van der Waals surface area contributed by atoms with Crippen molar-refractivity contribution in [3.05, 3.63) is 46.9 Å². The van der Waals surface area contributed by atoms with Gasteiger partial charge in [-0.2, -0.15) is 30.6 Å². The number of anilines is 2. The van der Waals surface area contributed by atoms with Gasteiger partial charge in [0.05, 0.1) is 18.7 Å². The molecule has 4 rings (SSSR count). The number of hydrogen-bond donors (Lipinski definition) is 2. The molecule has 0 saturated carbocycles. The summed E-state index contributed by atoms with van der Waals surface area (Å²) in [5.41, 5.74) is 7.02. The van der Waals surface area contributed by atoms with Gasteiger partial charge in [-0.1, -0.05) is 12.1 Å². The second-order valence-corrected chi connectivity index (χ2v) is 8.02. The van der Waals surface area contributed by atoms with Gasteiger partial charge >= 0.3 is 6.01 Å². The first-order chi connectivity index (χ1) is 17.0. The van der Waals surface area contributed by atoms with Gasteiger partial charge in [-0.25, -0.2) is 4.68 Å². The molecule has 3 heterocycles. The number of piperidine rings is 1. The number of nitrogens with zero attached hydrogens (tertiary/aromatic N) is 8. The summed E-state index contributed by atoms with van der Waals surface area (Å²) >= 11 is 0. The van der Waals surface area contributed by atoms with Gasteiger partial charge in [0, 0.05) is 13.1 Å². The maximum atomic E-state index is 9.75. The molecule has 11 nitrogen and oxygen atoms in total. The highest BCUT2D eigenvalue weighted by Crippen LogP contribution is 2.27. The predicted molar refractivity (Wildman–Crippen MR) is 129 cm³/mol. The van der Waals surface area contributed by atoms with E-state index in [0.29, 0.717) is 23.1 Å². The Kier molecular flexibility index (Phi) is 7.19. The molecule has 1 aliphatic heterocycles. The van der Waals surface area contributed by atoms with Crippen molar-refractivity contribution in [1.29, 1.82) is 10.5 Å². The summed E-state index contributed by atoms with van der Waals surface area (Å²) in [6, 6.07) is 11.3. The third-order valence-corrected chi connectivity index (χ3v) is 5.52. The van der Waals surface area contributed by atoms with E-state index in [0.717, 1.165) is 25.9 Å². The number of rotatable bonds is 7. The molecule has 0 atom stereocenters. The molecule has 0 spiro atoms. The minimum absolute atomic E-state index is 0.0876. The summed E-state index contributed by atoms with van der Waals surface area (Å²) in [6.07, 6.45) is 5.01. The molecule has 0 unspecified atom stereocenters. The standard InChI is InChI=1S/C24H25N9O2/c1-16-28-23(32-8-3-2-4-9-32)30-24(29-16)35-19-7-5-6-17(13-19)12-18(14-25)21-20(15-26)22(27)33(31-21)10-11-34/h5-7,12-13,34H,2-4,8-11,27H2,1H3/b18-12+. The van der Waals surface area contributed by atoms with Crippen LogP contribution in [0.3, 0.4) is 0 Å². The van der Waals surface area contributed by atoms with Gasteiger partial charge in [-0.15, -0.1) is 0 Å². The number of aliphatic hydroxyl groups excluding tert-OH is 1. The molecule has 1 saturated heterocycles. The number of aryl methyl sites for hydroxylation is 1. The first-order valence-electron chi connectivity index (χ1n) is 11.3. The van der Waals surface area contributed by atoms with Crippen LogP contribution in [0.2, 0.25) is 0 Å². The smallest absolute Gasteiger partial charge is 0.327 e. The number of nitriles is 2. The molecule has 3 N–H and O–H groups in total. The van der Waals surface area contributed by atoms with Crippen molar-refractivity contribution in [2.45, 2.75) is 32.7 Å². The zero-order valence-electron chi connectivity index (χ0n) is 19.3. The Morgan fingerprint density at radius 3 is 2.71 bits per heavy atom. The molecule has 1 fully saturated rings. The Morgan fingerprint density at radius 1 is 1.20 bits per heavy atom. The van der Waals surface area contributed by atoms with E-state index in [1.54, 1.807) is 37.3 Å². The van der Waals surface area contributed by atoms with Gasteiger partial charge < -0.3 is 20.5 Å². The second-order valence-electron chi connectivity index (χ2n) is 8.02. The summed E-state index contributed by atoms with van der Waals surface area (Å²) < 4.78 is 7.24. The lowest BCUT2D eigenvalue weighted by atomic mass is 10.1. The number of benzene rings is 1. The molecule has 0 radical (unpaired) electrons. The molecule has 3 aromatic rings. The largest absolute Gasteiger partial charge is 0.424 e. The van der Waals surface area contributed by atoms with Crippen molar-refractivity contribution in [3.8, 4) is 23.9 Å². The van der Waals surface area contributed by atoms with Gasteiger partial charge in [0.1, 0.15) is 40.8 Å². The van der Waals surface area contributed by atoms with Crippen molar-refractivity contribution in [1.82, 2.24) is 24.7 Å². The van der Waals surface area contributed by atoms with E-state index in [9.17, 15) is 15.6 Å². The molecule has 178 valence electrons. The lowest BCUT2D eigenvalue weighted by Gasteiger charge is -2.26. The monoisotopic (exact) mass is 471 g/mol. The fourth-order valence-corrected chi connectivity index (χ4v) is 3.86. The summed E-state index contributed by atoms with van der Waals surface area (Å²) in [5.74, 6) is 1.76. The number of nitrogen functional groups attached to an aromatic ring is 1. The highest BCUT2D eigenvalue weighted by atomic mass is 16.5.